The summed E-state index contributed by atoms with van der Waals surface area (Å²) in [6, 6.07) is 7.62. The van der Waals surface area contributed by atoms with Gasteiger partial charge < -0.3 is 24.3 Å². The Morgan fingerprint density at radius 2 is 1.81 bits per heavy atom. The highest BCUT2D eigenvalue weighted by molar-refractivity contribution is 6.34. The van der Waals surface area contributed by atoms with Crippen LogP contribution in [0.4, 0.5) is 0 Å². The SMILES string of the molecule is COc1ccc(COCc2nn(C)c(C)c2C2=C(Cl)CCc3c(CCC(=O)O)c(C(=O)O)n(C)c32)cc1. The molecular formula is C27H30ClN3O6. The Kier molecular flexibility index (Phi) is 7.75. The van der Waals surface area contributed by atoms with Gasteiger partial charge in [0.1, 0.15) is 11.4 Å². The van der Waals surface area contributed by atoms with E-state index in [-0.39, 0.29) is 25.1 Å². The number of halogens is 1. The molecule has 4 rings (SSSR count). The lowest BCUT2D eigenvalue weighted by atomic mass is 9.88. The molecule has 196 valence electrons. The molecule has 2 aromatic heterocycles. The van der Waals surface area contributed by atoms with Gasteiger partial charge in [0, 0.05) is 42.4 Å². The lowest BCUT2D eigenvalue weighted by Gasteiger charge is -2.21. The third-order valence-corrected chi connectivity index (χ3v) is 7.20. The Balaban J connectivity index is 1.73. The van der Waals surface area contributed by atoms with Crippen LogP contribution >= 0.6 is 11.6 Å². The molecule has 1 aliphatic rings. The zero-order chi connectivity index (χ0) is 26.9. The summed E-state index contributed by atoms with van der Waals surface area (Å²) in [5.41, 5.74) is 6.25. The second kappa shape index (κ2) is 10.8. The molecule has 0 spiro atoms. The molecule has 1 aromatic carbocycles. The van der Waals surface area contributed by atoms with Crippen LogP contribution in [-0.2, 0) is 49.7 Å². The molecule has 0 saturated heterocycles. The number of aliphatic carboxylic acids is 1. The molecular weight excluding hydrogens is 498 g/mol. The summed E-state index contributed by atoms with van der Waals surface area (Å²) in [6.07, 6.45) is 1.04. The van der Waals surface area contributed by atoms with Crippen LogP contribution in [0.3, 0.4) is 0 Å². The summed E-state index contributed by atoms with van der Waals surface area (Å²) in [4.78, 5) is 23.5. The van der Waals surface area contributed by atoms with E-state index >= 15 is 0 Å². The van der Waals surface area contributed by atoms with E-state index in [9.17, 15) is 19.8 Å². The Morgan fingerprint density at radius 3 is 2.43 bits per heavy atom. The van der Waals surface area contributed by atoms with E-state index in [1.54, 1.807) is 23.4 Å². The fourth-order valence-corrected chi connectivity index (χ4v) is 5.28. The van der Waals surface area contributed by atoms with Crippen LogP contribution in [0.15, 0.2) is 29.3 Å². The zero-order valence-corrected chi connectivity index (χ0v) is 22.1. The first kappa shape index (κ1) is 26.5. The highest BCUT2D eigenvalue weighted by atomic mass is 35.5. The number of methoxy groups -OCH3 is 1. The average molecular weight is 528 g/mol. The number of allylic oxidation sites excluding steroid dienone is 1. The number of rotatable bonds is 10. The van der Waals surface area contributed by atoms with Crippen molar-refractivity contribution in [2.24, 2.45) is 14.1 Å². The summed E-state index contributed by atoms with van der Waals surface area (Å²) in [6.45, 7) is 2.55. The number of aromatic carboxylic acids is 1. The minimum Gasteiger partial charge on any atom is -0.497 e. The molecule has 0 radical (unpaired) electrons. The monoisotopic (exact) mass is 527 g/mol. The van der Waals surface area contributed by atoms with Gasteiger partial charge in [-0.15, -0.1) is 0 Å². The Bertz CT molecular complexity index is 1380. The van der Waals surface area contributed by atoms with Crippen molar-refractivity contribution in [1.82, 2.24) is 14.3 Å². The number of ether oxygens (including phenoxy) is 2. The number of hydrogen-bond acceptors (Lipinski definition) is 5. The van der Waals surface area contributed by atoms with Crippen molar-refractivity contribution in [3.63, 3.8) is 0 Å². The summed E-state index contributed by atoms with van der Waals surface area (Å²) in [5.74, 6) is -1.30. The van der Waals surface area contributed by atoms with E-state index in [4.69, 9.17) is 21.1 Å². The third kappa shape index (κ3) is 5.14. The Morgan fingerprint density at radius 1 is 1.11 bits per heavy atom. The summed E-state index contributed by atoms with van der Waals surface area (Å²) in [5, 5.41) is 24.5. The first-order valence-electron chi connectivity index (χ1n) is 11.9. The maximum absolute atomic E-state index is 12.2. The van der Waals surface area contributed by atoms with Crippen LogP contribution in [0.2, 0.25) is 0 Å². The van der Waals surface area contributed by atoms with E-state index < -0.39 is 11.9 Å². The second-order valence-electron chi connectivity index (χ2n) is 9.06. The van der Waals surface area contributed by atoms with Gasteiger partial charge in [-0.3, -0.25) is 9.48 Å². The molecule has 0 unspecified atom stereocenters. The van der Waals surface area contributed by atoms with Crippen molar-refractivity contribution in [2.75, 3.05) is 7.11 Å². The van der Waals surface area contributed by atoms with Gasteiger partial charge in [-0.2, -0.15) is 5.10 Å². The van der Waals surface area contributed by atoms with E-state index in [0.29, 0.717) is 41.4 Å². The molecule has 0 saturated carbocycles. The van der Waals surface area contributed by atoms with Crippen molar-refractivity contribution in [2.45, 2.75) is 45.8 Å². The second-order valence-corrected chi connectivity index (χ2v) is 9.52. The summed E-state index contributed by atoms with van der Waals surface area (Å²) in [7, 11) is 5.15. The quantitative estimate of drug-likeness (QED) is 0.400. The first-order valence-corrected chi connectivity index (χ1v) is 12.3. The summed E-state index contributed by atoms with van der Waals surface area (Å²) >= 11 is 6.83. The van der Waals surface area contributed by atoms with Crippen LogP contribution < -0.4 is 4.74 Å². The normalized spacial score (nSPS) is 13.1. The van der Waals surface area contributed by atoms with Crippen LogP contribution in [0, 0.1) is 6.92 Å². The van der Waals surface area contributed by atoms with Gasteiger partial charge in [0.15, 0.2) is 0 Å². The number of aryl methyl sites for hydroxylation is 1. The van der Waals surface area contributed by atoms with Gasteiger partial charge in [0.2, 0.25) is 0 Å². The number of nitrogens with zero attached hydrogens (tertiary/aromatic N) is 3. The molecule has 0 amide bonds. The minimum atomic E-state index is -1.10. The largest absolute Gasteiger partial charge is 0.497 e. The van der Waals surface area contributed by atoms with Crippen molar-refractivity contribution >= 4 is 29.1 Å². The van der Waals surface area contributed by atoms with E-state index in [1.807, 2.05) is 38.2 Å². The van der Waals surface area contributed by atoms with Gasteiger partial charge in [-0.1, -0.05) is 23.7 Å². The number of carboxylic acid groups (broad SMARTS) is 2. The van der Waals surface area contributed by atoms with Crippen molar-refractivity contribution in [3.05, 3.63) is 74.3 Å². The van der Waals surface area contributed by atoms with Crippen molar-refractivity contribution in [3.8, 4) is 5.75 Å². The zero-order valence-electron chi connectivity index (χ0n) is 21.3. The predicted molar refractivity (Wildman–Crippen MR) is 138 cm³/mol. The lowest BCUT2D eigenvalue weighted by molar-refractivity contribution is -0.136. The number of benzene rings is 1. The standard InChI is InChI=1S/C27H30ClN3O6/c1-15-23(21(29-31(15)3)14-37-13-16-5-7-17(36-4)8-6-16)24-20(28)11-9-18-19(10-12-22(32)33)26(27(34)35)30(2)25(18)24/h5-8H,9-14H2,1-4H3,(H,32,33)(H,34,35). The van der Waals surface area contributed by atoms with Crippen LogP contribution in [-0.4, -0.2) is 43.6 Å². The highest BCUT2D eigenvalue weighted by Gasteiger charge is 2.33. The van der Waals surface area contributed by atoms with Crippen LogP contribution in [0.1, 0.15) is 62.7 Å². The van der Waals surface area contributed by atoms with E-state index in [0.717, 1.165) is 33.7 Å². The third-order valence-electron chi connectivity index (χ3n) is 6.82. The van der Waals surface area contributed by atoms with Gasteiger partial charge in [-0.25, -0.2) is 4.79 Å². The smallest absolute Gasteiger partial charge is 0.352 e. The molecule has 1 aliphatic carbocycles. The molecule has 0 fully saturated rings. The number of carbonyl (C=O) groups is 2. The minimum absolute atomic E-state index is 0.0916. The highest BCUT2D eigenvalue weighted by Crippen LogP contribution is 2.43. The molecule has 3 aromatic rings. The molecule has 37 heavy (non-hydrogen) atoms. The molecule has 2 N–H and O–H groups in total. The first-order chi connectivity index (χ1) is 17.6. The number of carboxylic acids is 2. The molecule has 2 heterocycles. The van der Waals surface area contributed by atoms with Gasteiger partial charge in [0.25, 0.3) is 0 Å². The topological polar surface area (TPSA) is 116 Å². The number of aromatic nitrogens is 3. The van der Waals surface area contributed by atoms with Crippen LogP contribution in [0.5, 0.6) is 5.75 Å². The fraction of sp³-hybridized carbons (Fsp3) is 0.370. The number of fused-ring (bicyclic) bond motifs is 1. The average Bonchev–Trinajstić information content (AvgIpc) is 3.30. The van der Waals surface area contributed by atoms with Gasteiger partial charge >= 0.3 is 11.9 Å². The van der Waals surface area contributed by atoms with Crippen molar-refractivity contribution in [1.29, 1.82) is 0 Å². The van der Waals surface area contributed by atoms with Crippen LogP contribution in [0.25, 0.3) is 5.57 Å². The van der Waals surface area contributed by atoms with Gasteiger partial charge in [-0.05, 0) is 55.0 Å². The molecule has 9 nitrogen and oxygen atoms in total. The van der Waals surface area contributed by atoms with E-state index in [2.05, 4.69) is 5.10 Å². The molecule has 0 atom stereocenters. The fourth-order valence-electron chi connectivity index (χ4n) is 5.00. The van der Waals surface area contributed by atoms with E-state index in [1.165, 1.54) is 0 Å². The predicted octanol–water partition coefficient (Wildman–Crippen LogP) is 4.45. The Hall–Kier alpha value is -3.56. The molecule has 0 aliphatic heterocycles. The summed E-state index contributed by atoms with van der Waals surface area (Å²) < 4.78 is 14.6. The Labute approximate surface area is 219 Å². The maximum Gasteiger partial charge on any atom is 0.352 e. The molecule has 0 bridgehead atoms. The van der Waals surface area contributed by atoms with Gasteiger partial charge in [0.05, 0.1) is 31.7 Å². The lowest BCUT2D eigenvalue weighted by Crippen LogP contribution is -2.11. The number of hydrogen-bond donors (Lipinski definition) is 2. The maximum atomic E-state index is 12.2. The molecule has 10 heteroatoms. The van der Waals surface area contributed by atoms with Crippen molar-refractivity contribution < 1.29 is 29.3 Å².